The zero-order valence-electron chi connectivity index (χ0n) is 14.7. The lowest BCUT2D eigenvalue weighted by Crippen LogP contribution is -2.32. The average Bonchev–Trinajstić information content (AvgIpc) is 3.12. The van der Waals surface area contributed by atoms with Crippen LogP contribution in [0.5, 0.6) is 5.75 Å². The van der Waals surface area contributed by atoms with Gasteiger partial charge in [0, 0.05) is 19.3 Å². The van der Waals surface area contributed by atoms with Crippen LogP contribution >= 0.6 is 0 Å². The second-order valence-corrected chi connectivity index (χ2v) is 5.70. The minimum absolute atomic E-state index is 0.135. The number of nitrogens with zero attached hydrogens (tertiary/aromatic N) is 4. The van der Waals surface area contributed by atoms with E-state index in [-0.39, 0.29) is 18.3 Å². The van der Waals surface area contributed by atoms with Gasteiger partial charge < -0.3 is 15.4 Å². The highest BCUT2D eigenvalue weighted by Crippen LogP contribution is 2.10. The molecule has 2 heterocycles. The molecule has 140 valence electrons. The van der Waals surface area contributed by atoms with Gasteiger partial charge in [0.2, 0.25) is 0 Å². The Balaban J connectivity index is 1.35. The van der Waals surface area contributed by atoms with E-state index in [4.69, 9.17) is 4.74 Å². The fourth-order valence-corrected chi connectivity index (χ4v) is 2.21. The van der Waals surface area contributed by atoms with Crippen molar-refractivity contribution in [3.8, 4) is 11.6 Å². The van der Waals surface area contributed by atoms with Gasteiger partial charge in [-0.05, 0) is 49.4 Å². The summed E-state index contributed by atoms with van der Waals surface area (Å²) in [5, 5.41) is 18.2. The second-order valence-electron chi connectivity index (χ2n) is 5.70. The Kier molecular flexibility index (Phi) is 5.93. The van der Waals surface area contributed by atoms with Gasteiger partial charge >= 0.3 is 0 Å². The molecule has 8 nitrogen and oxygen atoms in total. The summed E-state index contributed by atoms with van der Waals surface area (Å²) >= 11 is 0. The molecule has 0 spiro atoms. The smallest absolute Gasteiger partial charge is 0.258 e. The maximum atomic E-state index is 12.8. The minimum atomic E-state index is -0.353. The standard InChI is InChI=1S/C18H19FN6O2/c1-13-8-11-25(24-13)17-7-6-16(22-23-17)20-9-10-21-18(26)12-27-15-4-2-14(19)3-5-15/h2-8,11H,9-10,12H2,1H3,(H,20,22)(H,21,26). The molecule has 27 heavy (non-hydrogen) atoms. The van der Waals surface area contributed by atoms with Crippen molar-refractivity contribution in [3.05, 3.63) is 60.2 Å². The number of carbonyl (C=O) groups is 1. The summed E-state index contributed by atoms with van der Waals surface area (Å²) in [5.41, 5.74) is 0.901. The number of carbonyl (C=O) groups excluding carboxylic acids is 1. The molecule has 0 atom stereocenters. The summed E-state index contributed by atoms with van der Waals surface area (Å²) in [6.45, 7) is 2.65. The molecular weight excluding hydrogens is 351 g/mol. The Labute approximate surface area is 155 Å². The van der Waals surface area contributed by atoms with Gasteiger partial charge in [-0.1, -0.05) is 0 Å². The highest BCUT2D eigenvalue weighted by atomic mass is 19.1. The molecule has 0 aliphatic rings. The predicted molar refractivity (Wildman–Crippen MR) is 97.3 cm³/mol. The van der Waals surface area contributed by atoms with Gasteiger partial charge in [0.15, 0.2) is 12.4 Å². The van der Waals surface area contributed by atoms with Crippen LogP contribution in [0, 0.1) is 12.7 Å². The first-order chi connectivity index (χ1) is 13.1. The molecule has 0 unspecified atom stereocenters. The van der Waals surface area contributed by atoms with Crippen LogP contribution in [-0.4, -0.2) is 45.6 Å². The van der Waals surface area contributed by atoms with Gasteiger partial charge in [-0.2, -0.15) is 5.10 Å². The third-order valence-electron chi connectivity index (χ3n) is 3.54. The summed E-state index contributed by atoms with van der Waals surface area (Å²) in [7, 11) is 0. The van der Waals surface area contributed by atoms with Crippen molar-refractivity contribution in [2.45, 2.75) is 6.92 Å². The van der Waals surface area contributed by atoms with Gasteiger partial charge in [-0.3, -0.25) is 4.79 Å². The van der Waals surface area contributed by atoms with E-state index in [2.05, 4.69) is 25.9 Å². The van der Waals surface area contributed by atoms with E-state index < -0.39 is 0 Å². The van der Waals surface area contributed by atoms with Gasteiger partial charge in [-0.15, -0.1) is 10.2 Å². The molecule has 1 aromatic carbocycles. The van der Waals surface area contributed by atoms with Crippen molar-refractivity contribution in [2.24, 2.45) is 0 Å². The Hall–Kier alpha value is -3.49. The topological polar surface area (TPSA) is 94.0 Å². The number of amides is 1. The first-order valence-electron chi connectivity index (χ1n) is 8.35. The van der Waals surface area contributed by atoms with Crippen LogP contribution in [0.3, 0.4) is 0 Å². The van der Waals surface area contributed by atoms with Crippen LogP contribution in [-0.2, 0) is 4.79 Å². The first kappa shape index (κ1) is 18.3. The number of ether oxygens (including phenoxy) is 1. The van der Waals surface area contributed by atoms with Crippen LogP contribution in [0.2, 0.25) is 0 Å². The lowest BCUT2D eigenvalue weighted by Gasteiger charge is -2.09. The van der Waals surface area contributed by atoms with Gasteiger partial charge in [0.05, 0.1) is 5.69 Å². The molecule has 0 saturated carbocycles. The molecule has 0 aliphatic heterocycles. The first-order valence-corrected chi connectivity index (χ1v) is 8.35. The van der Waals surface area contributed by atoms with Crippen LogP contribution in [0.15, 0.2) is 48.7 Å². The molecule has 0 fully saturated rings. The fraction of sp³-hybridized carbons (Fsp3) is 0.222. The van der Waals surface area contributed by atoms with E-state index >= 15 is 0 Å². The summed E-state index contributed by atoms with van der Waals surface area (Å²) in [5.74, 6) is 1.04. The molecule has 3 rings (SSSR count). The van der Waals surface area contributed by atoms with Crippen molar-refractivity contribution in [2.75, 3.05) is 25.0 Å². The van der Waals surface area contributed by atoms with E-state index in [0.717, 1.165) is 5.69 Å². The maximum absolute atomic E-state index is 12.8. The summed E-state index contributed by atoms with van der Waals surface area (Å²) in [4.78, 5) is 11.7. The van der Waals surface area contributed by atoms with Crippen molar-refractivity contribution < 1.29 is 13.9 Å². The molecule has 1 amide bonds. The van der Waals surface area contributed by atoms with Crippen LogP contribution < -0.4 is 15.4 Å². The Morgan fingerprint density at radius 2 is 1.93 bits per heavy atom. The number of nitrogens with one attached hydrogen (secondary N) is 2. The SMILES string of the molecule is Cc1ccn(-c2ccc(NCCNC(=O)COc3ccc(F)cc3)nn2)n1. The monoisotopic (exact) mass is 370 g/mol. The van der Waals surface area contributed by atoms with Crippen molar-refractivity contribution in [3.63, 3.8) is 0 Å². The molecule has 2 aromatic heterocycles. The van der Waals surface area contributed by atoms with E-state index in [1.54, 1.807) is 16.8 Å². The summed E-state index contributed by atoms with van der Waals surface area (Å²) in [6.07, 6.45) is 1.82. The normalized spacial score (nSPS) is 10.4. The van der Waals surface area contributed by atoms with E-state index in [1.807, 2.05) is 19.2 Å². The molecular formula is C18H19FN6O2. The average molecular weight is 370 g/mol. The van der Waals surface area contributed by atoms with Crippen LogP contribution in [0.25, 0.3) is 5.82 Å². The molecule has 0 bridgehead atoms. The van der Waals surface area contributed by atoms with Crippen molar-refractivity contribution >= 4 is 11.7 Å². The van der Waals surface area contributed by atoms with E-state index in [1.165, 1.54) is 24.3 Å². The number of rotatable bonds is 8. The van der Waals surface area contributed by atoms with Gasteiger partial charge in [-0.25, -0.2) is 9.07 Å². The number of aryl methyl sites for hydroxylation is 1. The highest BCUT2D eigenvalue weighted by molar-refractivity contribution is 5.77. The number of anilines is 1. The van der Waals surface area contributed by atoms with Crippen LogP contribution in [0.4, 0.5) is 10.2 Å². The fourth-order valence-electron chi connectivity index (χ4n) is 2.21. The second kappa shape index (κ2) is 8.75. The summed E-state index contributed by atoms with van der Waals surface area (Å²) in [6, 6.07) is 11.0. The van der Waals surface area contributed by atoms with E-state index in [0.29, 0.717) is 30.5 Å². The molecule has 3 aromatic rings. The molecule has 9 heteroatoms. The maximum Gasteiger partial charge on any atom is 0.258 e. The Morgan fingerprint density at radius 3 is 2.59 bits per heavy atom. The minimum Gasteiger partial charge on any atom is -0.484 e. The molecule has 0 radical (unpaired) electrons. The number of halogens is 1. The number of hydrogen-bond acceptors (Lipinski definition) is 6. The number of aromatic nitrogens is 4. The van der Waals surface area contributed by atoms with Crippen molar-refractivity contribution in [1.29, 1.82) is 0 Å². The van der Waals surface area contributed by atoms with Gasteiger partial charge in [0.25, 0.3) is 5.91 Å². The quantitative estimate of drug-likeness (QED) is 0.587. The lowest BCUT2D eigenvalue weighted by atomic mass is 10.3. The molecule has 0 aliphatic carbocycles. The van der Waals surface area contributed by atoms with E-state index in [9.17, 15) is 9.18 Å². The zero-order chi connectivity index (χ0) is 19.1. The molecule has 0 saturated heterocycles. The highest BCUT2D eigenvalue weighted by Gasteiger charge is 2.04. The zero-order valence-corrected chi connectivity index (χ0v) is 14.7. The number of benzene rings is 1. The Bertz CT molecular complexity index is 880. The lowest BCUT2D eigenvalue weighted by molar-refractivity contribution is -0.123. The Morgan fingerprint density at radius 1 is 1.11 bits per heavy atom. The molecule has 2 N–H and O–H groups in total. The third kappa shape index (κ3) is 5.50. The van der Waals surface area contributed by atoms with Gasteiger partial charge in [0.1, 0.15) is 17.4 Å². The third-order valence-corrected chi connectivity index (χ3v) is 3.54. The van der Waals surface area contributed by atoms with Crippen molar-refractivity contribution in [1.82, 2.24) is 25.3 Å². The largest absolute Gasteiger partial charge is 0.484 e. The predicted octanol–water partition coefficient (Wildman–Crippen LogP) is 1.72. The van der Waals surface area contributed by atoms with Crippen LogP contribution in [0.1, 0.15) is 5.69 Å². The summed E-state index contributed by atoms with van der Waals surface area (Å²) < 4.78 is 19.7. The number of hydrogen-bond donors (Lipinski definition) is 2.